The van der Waals surface area contributed by atoms with Crippen LogP contribution in [0.4, 0.5) is 8.78 Å². The molecule has 30 heavy (non-hydrogen) atoms. The third-order valence-electron chi connectivity index (χ3n) is 3.61. The van der Waals surface area contributed by atoms with E-state index in [-0.39, 0.29) is 12.0 Å². The maximum absolute atomic E-state index is 12.5. The Labute approximate surface area is 175 Å². The Bertz CT molecular complexity index is 995. The van der Waals surface area contributed by atoms with Gasteiger partial charge in [-0.25, -0.2) is 13.2 Å². The van der Waals surface area contributed by atoms with Gasteiger partial charge in [0.1, 0.15) is 0 Å². The number of thioether (sulfide) groups is 1. The molecular formula is C19H17F2NO6S2. The summed E-state index contributed by atoms with van der Waals surface area (Å²) in [5.74, 6) is -5.45. The average Bonchev–Trinajstić information content (AvgIpc) is 2.72. The summed E-state index contributed by atoms with van der Waals surface area (Å²) in [6, 6.07) is 13.0. The number of imide groups is 1. The molecule has 0 aliphatic carbocycles. The molecule has 160 valence electrons. The molecule has 7 nitrogen and oxygen atoms in total. The van der Waals surface area contributed by atoms with Crippen LogP contribution in [0.1, 0.15) is 16.8 Å². The van der Waals surface area contributed by atoms with Crippen LogP contribution in [0, 0.1) is 0 Å². The third kappa shape index (κ3) is 6.92. The molecule has 1 N–H and O–H groups in total. The second-order valence-electron chi connectivity index (χ2n) is 5.79. The lowest BCUT2D eigenvalue weighted by molar-refractivity contribution is -0.132. The molecule has 2 rings (SSSR count). The molecule has 0 spiro atoms. The second kappa shape index (κ2) is 10.8. The SMILES string of the molecule is O=C(CCSc1ccccc1)NC(=O)COC(=O)c1ccc(S(=O)(=O)C(F)F)cc1. The monoisotopic (exact) mass is 457 g/mol. The highest BCUT2D eigenvalue weighted by atomic mass is 32.2. The Morgan fingerprint density at radius 3 is 2.20 bits per heavy atom. The molecule has 0 aromatic heterocycles. The number of benzene rings is 2. The molecule has 0 saturated carbocycles. The van der Waals surface area contributed by atoms with Gasteiger partial charge in [-0.1, -0.05) is 18.2 Å². The number of nitrogens with one attached hydrogen (secondary N) is 1. The van der Waals surface area contributed by atoms with Gasteiger partial charge >= 0.3 is 11.7 Å². The van der Waals surface area contributed by atoms with Crippen molar-refractivity contribution < 1.29 is 36.3 Å². The van der Waals surface area contributed by atoms with Crippen molar-refractivity contribution in [1.82, 2.24) is 5.32 Å². The van der Waals surface area contributed by atoms with Crippen molar-refractivity contribution in [3.63, 3.8) is 0 Å². The second-order valence-corrected chi connectivity index (χ2v) is 8.88. The topological polar surface area (TPSA) is 107 Å². The van der Waals surface area contributed by atoms with Crippen molar-refractivity contribution in [3.05, 3.63) is 60.2 Å². The summed E-state index contributed by atoms with van der Waals surface area (Å²) in [5, 5.41) is 2.08. The highest BCUT2D eigenvalue weighted by Crippen LogP contribution is 2.19. The number of hydrogen-bond acceptors (Lipinski definition) is 7. The zero-order valence-corrected chi connectivity index (χ0v) is 17.0. The van der Waals surface area contributed by atoms with Gasteiger partial charge in [0.05, 0.1) is 10.5 Å². The van der Waals surface area contributed by atoms with Gasteiger partial charge in [-0.05, 0) is 36.4 Å². The van der Waals surface area contributed by atoms with Crippen LogP contribution in [0.25, 0.3) is 0 Å². The maximum Gasteiger partial charge on any atom is 0.341 e. The van der Waals surface area contributed by atoms with Crippen LogP contribution in [0.2, 0.25) is 0 Å². The lowest BCUT2D eigenvalue weighted by atomic mass is 10.2. The molecule has 0 saturated heterocycles. The first-order valence-electron chi connectivity index (χ1n) is 8.50. The van der Waals surface area contributed by atoms with E-state index in [0.29, 0.717) is 5.75 Å². The molecule has 11 heteroatoms. The zero-order valence-electron chi connectivity index (χ0n) is 15.4. The van der Waals surface area contributed by atoms with E-state index >= 15 is 0 Å². The first kappa shape index (κ1) is 23.5. The van der Waals surface area contributed by atoms with E-state index in [1.54, 1.807) is 0 Å². The van der Waals surface area contributed by atoms with Gasteiger partial charge in [-0.2, -0.15) is 8.78 Å². The van der Waals surface area contributed by atoms with E-state index < -0.39 is 44.9 Å². The largest absolute Gasteiger partial charge is 0.452 e. The molecular weight excluding hydrogens is 440 g/mol. The molecule has 0 aliphatic heterocycles. The first-order valence-corrected chi connectivity index (χ1v) is 11.0. The Hall–Kier alpha value is -2.79. The summed E-state index contributed by atoms with van der Waals surface area (Å²) in [6.45, 7) is -0.729. The van der Waals surface area contributed by atoms with Crippen LogP contribution in [-0.4, -0.2) is 44.3 Å². The summed E-state index contributed by atoms with van der Waals surface area (Å²) in [4.78, 5) is 35.7. The highest BCUT2D eigenvalue weighted by Gasteiger charge is 2.26. The van der Waals surface area contributed by atoms with Crippen LogP contribution in [0.15, 0.2) is 64.4 Å². The van der Waals surface area contributed by atoms with Crippen molar-refractivity contribution in [2.45, 2.75) is 22.0 Å². The molecule has 0 atom stereocenters. The molecule has 2 aromatic rings. The molecule has 0 radical (unpaired) electrons. The van der Waals surface area contributed by atoms with Gasteiger partial charge < -0.3 is 4.74 Å². The lowest BCUT2D eigenvalue weighted by Crippen LogP contribution is -2.34. The molecule has 0 unspecified atom stereocenters. The van der Waals surface area contributed by atoms with E-state index in [4.69, 9.17) is 4.74 Å². The number of hydrogen-bond donors (Lipinski definition) is 1. The van der Waals surface area contributed by atoms with E-state index in [1.165, 1.54) is 11.8 Å². The fraction of sp³-hybridized carbons (Fsp3) is 0.211. The summed E-state index contributed by atoms with van der Waals surface area (Å²) >= 11 is 1.45. The maximum atomic E-state index is 12.5. The summed E-state index contributed by atoms with van der Waals surface area (Å²) < 4.78 is 52.4. The minimum Gasteiger partial charge on any atom is -0.452 e. The Balaban J connectivity index is 1.76. The van der Waals surface area contributed by atoms with Crippen LogP contribution in [-0.2, 0) is 24.2 Å². The number of carbonyl (C=O) groups is 3. The van der Waals surface area contributed by atoms with Crippen molar-refractivity contribution in [3.8, 4) is 0 Å². The van der Waals surface area contributed by atoms with Crippen molar-refractivity contribution >= 4 is 39.4 Å². The number of amides is 2. The van der Waals surface area contributed by atoms with Gasteiger partial charge in [-0.15, -0.1) is 11.8 Å². The molecule has 0 aliphatic rings. The van der Waals surface area contributed by atoms with Crippen LogP contribution in [0.5, 0.6) is 0 Å². The minimum atomic E-state index is -4.77. The Morgan fingerprint density at radius 2 is 1.60 bits per heavy atom. The fourth-order valence-electron chi connectivity index (χ4n) is 2.13. The van der Waals surface area contributed by atoms with E-state index in [1.807, 2.05) is 30.3 Å². The highest BCUT2D eigenvalue weighted by molar-refractivity contribution is 7.99. The van der Waals surface area contributed by atoms with Gasteiger partial charge in [0.15, 0.2) is 6.61 Å². The van der Waals surface area contributed by atoms with Crippen molar-refractivity contribution in [1.29, 1.82) is 0 Å². The number of sulfone groups is 1. The van der Waals surface area contributed by atoms with Crippen LogP contribution < -0.4 is 5.32 Å². The summed E-state index contributed by atoms with van der Waals surface area (Å²) in [6.07, 6.45) is 0.0827. The predicted octanol–water partition coefficient (Wildman–Crippen LogP) is 2.66. The number of alkyl halides is 2. The molecule has 2 amide bonds. The van der Waals surface area contributed by atoms with E-state index in [2.05, 4.69) is 5.32 Å². The van der Waals surface area contributed by atoms with Crippen LogP contribution in [0.3, 0.4) is 0 Å². The molecule has 0 heterocycles. The van der Waals surface area contributed by atoms with Crippen LogP contribution >= 0.6 is 11.8 Å². The normalized spacial score (nSPS) is 11.2. The molecule has 0 bridgehead atoms. The van der Waals surface area contributed by atoms with Gasteiger partial charge in [-0.3, -0.25) is 14.9 Å². The number of ether oxygens (including phenoxy) is 1. The van der Waals surface area contributed by atoms with Gasteiger partial charge in [0, 0.05) is 17.1 Å². The van der Waals surface area contributed by atoms with Crippen molar-refractivity contribution in [2.24, 2.45) is 0 Å². The zero-order chi connectivity index (χ0) is 22.1. The molecule has 2 aromatic carbocycles. The Kier molecular flexibility index (Phi) is 8.48. The number of carbonyl (C=O) groups excluding carboxylic acids is 3. The minimum absolute atomic E-state index is 0.0827. The third-order valence-corrected chi connectivity index (χ3v) is 6.02. The Morgan fingerprint density at radius 1 is 0.967 bits per heavy atom. The smallest absolute Gasteiger partial charge is 0.341 e. The van der Waals surface area contributed by atoms with E-state index in [9.17, 15) is 31.6 Å². The fourth-order valence-corrected chi connectivity index (χ4v) is 3.72. The number of rotatable bonds is 9. The summed E-state index contributed by atoms with van der Waals surface area (Å²) in [7, 11) is -4.77. The number of esters is 1. The van der Waals surface area contributed by atoms with Gasteiger partial charge in [0.25, 0.3) is 5.91 Å². The average molecular weight is 457 g/mol. The standard InChI is InChI=1S/C19H17F2NO6S2/c20-19(21)30(26,27)15-8-6-13(7-9-15)18(25)28-12-17(24)22-16(23)10-11-29-14-4-2-1-3-5-14/h1-9,19H,10-12H2,(H,22,23,24). The van der Waals surface area contributed by atoms with Crippen molar-refractivity contribution in [2.75, 3.05) is 12.4 Å². The first-order chi connectivity index (χ1) is 14.2. The lowest BCUT2D eigenvalue weighted by Gasteiger charge is -2.07. The van der Waals surface area contributed by atoms with E-state index in [0.717, 1.165) is 29.2 Å². The predicted molar refractivity (Wildman–Crippen MR) is 105 cm³/mol. The molecule has 0 fully saturated rings. The quantitative estimate of drug-likeness (QED) is 0.456. The number of halogens is 2. The van der Waals surface area contributed by atoms with Gasteiger partial charge in [0.2, 0.25) is 15.7 Å². The summed E-state index contributed by atoms with van der Waals surface area (Å²) in [5.41, 5.74) is -0.137.